The standard InChI is InChI=1S/C18H19F3N2O4S/c1-10(22-16(25)14(18(19,20)21)9-28-11(2)24)7-12-8-23(17(26)27)15-6-4-3-5-13(12)15/h3-6,8,10,14H,7,9H2,1-2H3,(H,22,25)(H,26,27)/t10-,14?/m1/s1. The van der Waals surface area contributed by atoms with Gasteiger partial charge in [-0.25, -0.2) is 4.79 Å². The van der Waals surface area contributed by atoms with E-state index in [0.29, 0.717) is 28.2 Å². The Kier molecular flexibility index (Phi) is 6.76. The Morgan fingerprint density at radius 2 is 1.89 bits per heavy atom. The summed E-state index contributed by atoms with van der Waals surface area (Å²) >= 11 is 0.446. The average molecular weight is 416 g/mol. The molecule has 0 fully saturated rings. The highest BCUT2D eigenvalue weighted by Gasteiger charge is 2.45. The van der Waals surface area contributed by atoms with Crippen molar-refractivity contribution in [3.05, 3.63) is 36.0 Å². The molecular weight excluding hydrogens is 397 g/mol. The number of nitrogens with one attached hydrogen (secondary N) is 1. The number of thioether (sulfide) groups is 1. The van der Waals surface area contributed by atoms with Gasteiger partial charge < -0.3 is 10.4 Å². The number of carboxylic acid groups (broad SMARTS) is 1. The zero-order valence-corrected chi connectivity index (χ0v) is 15.9. The lowest BCUT2D eigenvalue weighted by molar-refractivity contribution is -0.178. The van der Waals surface area contributed by atoms with Crippen LogP contribution < -0.4 is 5.32 Å². The molecule has 1 amide bonds. The van der Waals surface area contributed by atoms with E-state index in [2.05, 4.69) is 5.32 Å². The lowest BCUT2D eigenvalue weighted by Gasteiger charge is -2.21. The van der Waals surface area contributed by atoms with E-state index in [9.17, 15) is 32.7 Å². The van der Waals surface area contributed by atoms with Crippen molar-refractivity contribution in [1.82, 2.24) is 9.88 Å². The number of rotatable bonds is 6. The van der Waals surface area contributed by atoms with Crippen molar-refractivity contribution in [1.29, 1.82) is 0 Å². The summed E-state index contributed by atoms with van der Waals surface area (Å²) in [4.78, 5) is 34.4. The normalized spacial score (nSPS) is 13.9. The first-order valence-electron chi connectivity index (χ1n) is 8.33. The van der Waals surface area contributed by atoms with Crippen LogP contribution in [-0.4, -0.2) is 44.8 Å². The molecule has 2 aromatic rings. The maximum atomic E-state index is 13.1. The molecule has 0 saturated carbocycles. The summed E-state index contributed by atoms with van der Waals surface area (Å²) in [5, 5.41) is 11.7. The fourth-order valence-corrected chi connectivity index (χ4v) is 3.56. The second kappa shape index (κ2) is 8.68. The van der Waals surface area contributed by atoms with Crippen LogP contribution in [0.4, 0.5) is 18.0 Å². The smallest absolute Gasteiger partial charge is 0.416 e. The Labute approximate surface area is 163 Å². The van der Waals surface area contributed by atoms with Crippen LogP contribution >= 0.6 is 11.8 Å². The van der Waals surface area contributed by atoms with Gasteiger partial charge in [-0.3, -0.25) is 14.2 Å². The minimum atomic E-state index is -4.77. The number of para-hydroxylation sites is 1. The van der Waals surface area contributed by atoms with E-state index < -0.39 is 41.0 Å². The Morgan fingerprint density at radius 3 is 2.46 bits per heavy atom. The number of halogens is 3. The molecule has 1 unspecified atom stereocenters. The number of aromatic nitrogens is 1. The molecule has 1 aromatic carbocycles. The number of amides is 1. The maximum Gasteiger partial charge on any atom is 0.416 e. The monoisotopic (exact) mass is 416 g/mol. The number of carbonyl (C=O) groups excluding carboxylic acids is 2. The molecule has 28 heavy (non-hydrogen) atoms. The van der Waals surface area contributed by atoms with Crippen LogP contribution in [-0.2, 0) is 16.0 Å². The van der Waals surface area contributed by atoms with Gasteiger partial charge in [-0.05, 0) is 25.0 Å². The van der Waals surface area contributed by atoms with Gasteiger partial charge in [-0.1, -0.05) is 30.0 Å². The highest BCUT2D eigenvalue weighted by Crippen LogP contribution is 2.30. The molecule has 0 radical (unpaired) electrons. The van der Waals surface area contributed by atoms with Gasteiger partial charge in [0.15, 0.2) is 5.12 Å². The molecule has 2 rings (SSSR count). The Bertz CT molecular complexity index is 895. The highest BCUT2D eigenvalue weighted by molar-refractivity contribution is 8.13. The van der Waals surface area contributed by atoms with Gasteiger partial charge in [0.1, 0.15) is 5.92 Å². The third kappa shape index (κ3) is 5.28. The van der Waals surface area contributed by atoms with E-state index >= 15 is 0 Å². The van der Waals surface area contributed by atoms with Crippen LogP contribution in [0.15, 0.2) is 30.5 Å². The first kappa shape index (κ1) is 21.8. The van der Waals surface area contributed by atoms with Gasteiger partial charge >= 0.3 is 12.3 Å². The summed E-state index contributed by atoms with van der Waals surface area (Å²) in [7, 11) is 0. The van der Waals surface area contributed by atoms with Gasteiger partial charge in [-0.15, -0.1) is 0 Å². The van der Waals surface area contributed by atoms with Crippen LogP contribution in [0.5, 0.6) is 0 Å². The van der Waals surface area contributed by atoms with E-state index in [4.69, 9.17) is 0 Å². The fraction of sp³-hybridized carbons (Fsp3) is 0.389. The number of alkyl halides is 3. The lowest BCUT2D eigenvalue weighted by atomic mass is 10.0. The van der Waals surface area contributed by atoms with E-state index in [1.807, 2.05) is 0 Å². The van der Waals surface area contributed by atoms with Crippen LogP contribution in [0.1, 0.15) is 19.4 Å². The summed E-state index contributed by atoms with van der Waals surface area (Å²) in [6.07, 6.45) is -4.41. The van der Waals surface area contributed by atoms with E-state index in [-0.39, 0.29) is 6.42 Å². The molecule has 2 N–H and O–H groups in total. The summed E-state index contributed by atoms with van der Waals surface area (Å²) in [6, 6.07) is 6.06. The molecule has 0 saturated heterocycles. The number of fused-ring (bicyclic) bond motifs is 1. The molecule has 0 spiro atoms. The van der Waals surface area contributed by atoms with Crippen molar-refractivity contribution >= 4 is 39.8 Å². The summed E-state index contributed by atoms with van der Waals surface area (Å²) in [5.41, 5.74) is 1.04. The summed E-state index contributed by atoms with van der Waals surface area (Å²) in [6.45, 7) is 2.67. The van der Waals surface area contributed by atoms with E-state index in [0.717, 1.165) is 11.5 Å². The second-order valence-corrected chi connectivity index (χ2v) is 7.53. The highest BCUT2D eigenvalue weighted by atomic mass is 32.2. The molecule has 1 aromatic heterocycles. The largest absolute Gasteiger partial charge is 0.464 e. The van der Waals surface area contributed by atoms with E-state index in [1.165, 1.54) is 13.1 Å². The van der Waals surface area contributed by atoms with E-state index in [1.54, 1.807) is 24.3 Å². The molecule has 1 heterocycles. The Morgan fingerprint density at radius 1 is 1.25 bits per heavy atom. The average Bonchev–Trinajstić information content (AvgIpc) is 2.92. The molecule has 0 bridgehead atoms. The van der Waals surface area contributed by atoms with Gasteiger partial charge in [0.05, 0.1) is 5.52 Å². The number of benzene rings is 1. The number of hydrogen-bond acceptors (Lipinski definition) is 4. The molecule has 10 heteroatoms. The van der Waals surface area contributed by atoms with Crippen molar-refractivity contribution < 1.29 is 32.7 Å². The molecule has 0 aliphatic rings. The zero-order valence-electron chi connectivity index (χ0n) is 15.1. The molecule has 2 atom stereocenters. The van der Waals surface area contributed by atoms with Crippen LogP contribution in [0, 0.1) is 5.92 Å². The molecule has 0 aliphatic carbocycles. The first-order chi connectivity index (χ1) is 13.0. The molecule has 0 aliphatic heterocycles. The van der Waals surface area contributed by atoms with Gasteiger partial charge in [0.2, 0.25) is 5.91 Å². The maximum absolute atomic E-state index is 13.1. The SMILES string of the molecule is CC(=O)SCC(C(=O)N[C@H](C)Cc1cn(C(=O)O)c2ccccc12)C(F)(F)F. The zero-order chi connectivity index (χ0) is 21.1. The predicted molar refractivity (Wildman–Crippen MR) is 99.4 cm³/mol. The third-order valence-electron chi connectivity index (χ3n) is 4.08. The van der Waals surface area contributed by atoms with Crippen LogP contribution in [0.25, 0.3) is 10.9 Å². The van der Waals surface area contributed by atoms with Crippen molar-refractivity contribution in [3.63, 3.8) is 0 Å². The van der Waals surface area contributed by atoms with Crippen molar-refractivity contribution in [2.24, 2.45) is 5.92 Å². The minimum Gasteiger partial charge on any atom is -0.464 e. The van der Waals surface area contributed by atoms with Gasteiger partial charge in [0, 0.05) is 30.3 Å². The Balaban J connectivity index is 2.15. The molecule has 152 valence electrons. The molecular formula is C18H19F3N2O4S. The van der Waals surface area contributed by atoms with Gasteiger partial charge in [0.25, 0.3) is 0 Å². The number of carbonyl (C=O) groups is 3. The second-order valence-electron chi connectivity index (χ2n) is 6.33. The van der Waals surface area contributed by atoms with Crippen LogP contribution in [0.3, 0.4) is 0 Å². The summed E-state index contributed by atoms with van der Waals surface area (Å²) in [5.74, 6) is -4.20. The predicted octanol–water partition coefficient (Wildman–Crippen LogP) is 3.67. The minimum absolute atomic E-state index is 0.150. The topological polar surface area (TPSA) is 88.4 Å². The van der Waals surface area contributed by atoms with Crippen LogP contribution in [0.2, 0.25) is 0 Å². The molecule has 6 nitrogen and oxygen atoms in total. The quantitative estimate of drug-likeness (QED) is 0.750. The lowest BCUT2D eigenvalue weighted by Crippen LogP contribution is -2.45. The fourth-order valence-electron chi connectivity index (χ4n) is 2.81. The van der Waals surface area contributed by atoms with Gasteiger partial charge in [-0.2, -0.15) is 13.2 Å². The summed E-state index contributed by atoms with van der Waals surface area (Å²) < 4.78 is 40.5. The van der Waals surface area contributed by atoms with Crippen molar-refractivity contribution in [3.8, 4) is 0 Å². The number of hydrogen-bond donors (Lipinski definition) is 2. The number of nitrogens with zero attached hydrogens (tertiary/aromatic N) is 1. The first-order valence-corrected chi connectivity index (χ1v) is 9.32. The third-order valence-corrected chi connectivity index (χ3v) is 4.99. The van der Waals surface area contributed by atoms with Crippen molar-refractivity contribution in [2.45, 2.75) is 32.5 Å². The van der Waals surface area contributed by atoms with Crippen molar-refractivity contribution in [2.75, 3.05) is 5.75 Å². The Hall–Kier alpha value is -2.49.